The molecule has 0 bridgehead atoms. The molecule has 15 heteroatoms. The Balaban J connectivity index is -0.000000400. The number of aliphatic imine (C=N–C) groups is 1. The van der Waals surface area contributed by atoms with Gasteiger partial charge in [-0.2, -0.15) is 0 Å². The van der Waals surface area contributed by atoms with Crippen LogP contribution in [0, 0.1) is 11.1 Å². The van der Waals surface area contributed by atoms with E-state index >= 15 is 0 Å². The van der Waals surface area contributed by atoms with Crippen LogP contribution in [0.15, 0.2) is 10.3 Å². The van der Waals surface area contributed by atoms with Crippen molar-refractivity contribution in [3.8, 4) is 0 Å². The normalized spacial score (nSPS) is 10.3. The van der Waals surface area contributed by atoms with Crippen LogP contribution in [-0.2, 0) is 38.5 Å². The van der Waals surface area contributed by atoms with Crippen LogP contribution in [0.4, 0.5) is 4.79 Å². The van der Waals surface area contributed by atoms with Gasteiger partial charge in [-0.3, -0.25) is 14.9 Å². The molecule has 0 aliphatic rings. The van der Waals surface area contributed by atoms with Crippen LogP contribution >= 0.6 is 7.26 Å². The number of unbranched alkanes of at least 4 members (excludes halogenated alkanes) is 1. The van der Waals surface area contributed by atoms with Gasteiger partial charge in [-0.15, -0.1) is 10.1 Å². The predicted octanol–water partition coefficient (Wildman–Crippen LogP) is 1.72. The van der Waals surface area contributed by atoms with Crippen molar-refractivity contribution < 1.29 is 41.8 Å². The number of rotatable bonds is 11. The maximum atomic E-state index is 10.1. The number of carboxylic acid groups (broad SMARTS) is 1. The summed E-state index contributed by atoms with van der Waals surface area (Å²) in [6, 6.07) is 0. The molecule has 0 aliphatic heterocycles. The monoisotopic (exact) mass is 659 g/mol. The van der Waals surface area contributed by atoms with Crippen molar-refractivity contribution in [2.75, 3.05) is 31.7 Å². The molecule has 1 rings (SSSR count). The van der Waals surface area contributed by atoms with Crippen LogP contribution in [0.3, 0.4) is 0 Å². The van der Waals surface area contributed by atoms with Crippen LogP contribution in [-0.4, -0.2) is 70.2 Å². The van der Waals surface area contributed by atoms with Crippen molar-refractivity contribution in [3.05, 3.63) is 16.8 Å². The zero-order chi connectivity index (χ0) is 24.1. The topological polar surface area (TPSA) is 211 Å². The molecule has 0 aromatic carbocycles. The van der Waals surface area contributed by atoms with Crippen molar-refractivity contribution in [2.45, 2.75) is 46.6 Å². The summed E-state index contributed by atoms with van der Waals surface area (Å²) in [5.41, 5.74) is 12.2. The van der Waals surface area contributed by atoms with E-state index in [0.717, 1.165) is 0 Å². The first-order valence-corrected chi connectivity index (χ1v) is 12.6. The Morgan fingerprint density at radius 3 is 2.19 bits per heavy atom. The number of H-pyrrole nitrogens is 1. The number of nitrogens with two attached hydrogens (primary N) is 2. The van der Waals surface area contributed by atoms with E-state index in [4.69, 9.17) is 10.8 Å². The first-order valence-electron chi connectivity index (χ1n) is 9.77. The molecular formula is C17H35AuN8O5P+. The van der Waals surface area contributed by atoms with Gasteiger partial charge in [0.1, 0.15) is 6.61 Å². The molecule has 0 atom stereocenters. The number of aromatic nitrogens is 3. The molecule has 0 saturated carbocycles. The third-order valence-corrected chi connectivity index (χ3v) is 8.89. The molecule has 7 N–H and O–H groups in total. The minimum absolute atomic E-state index is 0. The number of primary amides is 1. The number of aliphatic carboxylic acids is 1. The number of carbonyl (C=O) groups excluding carboxylic acids is 1. The molecule has 0 aliphatic carbocycles. The van der Waals surface area contributed by atoms with Crippen LogP contribution < -0.4 is 16.9 Å². The Morgan fingerprint density at radius 1 is 1.22 bits per heavy atom. The molecule has 1 heterocycles. The molecule has 0 spiro atoms. The van der Waals surface area contributed by atoms with Crippen molar-refractivity contribution in [3.63, 3.8) is 0 Å². The second kappa shape index (κ2) is 22.1. The predicted molar refractivity (Wildman–Crippen MR) is 121 cm³/mol. The van der Waals surface area contributed by atoms with Gasteiger partial charge in [-0.05, 0) is 33.6 Å². The van der Waals surface area contributed by atoms with Gasteiger partial charge in [0, 0.05) is 26.9 Å². The Bertz CT molecular complexity index is 637. The molecule has 0 unspecified atom stereocenters. The Morgan fingerprint density at radius 2 is 1.81 bits per heavy atom. The summed E-state index contributed by atoms with van der Waals surface area (Å²) in [5.74, 6) is -0.880. The SMILES string of the molecule is CC[P+](C)(CC)CC.NC(=NCCCCC(=O)O)NN=O.NC(=O)OCc1[c-]nn[nH]1.[Au+]. The molecule has 0 radical (unpaired) electrons. The van der Waals surface area contributed by atoms with Gasteiger partial charge < -0.3 is 32.6 Å². The van der Waals surface area contributed by atoms with Gasteiger partial charge in [0.05, 0.1) is 23.8 Å². The third-order valence-electron chi connectivity index (χ3n) is 4.31. The van der Waals surface area contributed by atoms with E-state index in [2.05, 4.69) is 69.8 Å². The summed E-state index contributed by atoms with van der Waals surface area (Å²) in [5, 5.41) is 19.7. The number of nitroso groups, excluding NO2 is 1. The molecule has 1 aromatic heterocycles. The summed E-state index contributed by atoms with van der Waals surface area (Å²) in [7, 11) is -0.412. The number of hydrogen-bond acceptors (Lipinski definition) is 8. The molecule has 32 heavy (non-hydrogen) atoms. The fourth-order valence-corrected chi connectivity index (χ4v) is 3.09. The van der Waals surface area contributed by atoms with Gasteiger partial charge in [-0.1, -0.05) is 5.69 Å². The average Bonchev–Trinajstić information content (AvgIpc) is 3.26. The van der Waals surface area contributed by atoms with E-state index in [1.54, 1.807) is 0 Å². The standard InChI is InChI=1S/C7H18P.C6H12N4O3.C4H5N4O2.Au/c1-5-8(4,6-2)7-3;7-6(9-10-13)8-4-2-1-3-5(11)12;5-4(9)10-2-3-1-6-8-7-3;/h5-7H2,1-4H3;1-4H2,(H,11,12)(H3,7,8,9,13);2H2,(H2,5,9)(H,6,7,8);/q+1;;-1;+1. The van der Waals surface area contributed by atoms with Crippen molar-refractivity contribution >= 4 is 25.3 Å². The zero-order valence-corrected chi connectivity index (χ0v) is 22.0. The van der Waals surface area contributed by atoms with Gasteiger partial charge >= 0.3 is 34.4 Å². The van der Waals surface area contributed by atoms with Crippen molar-refractivity contribution in [1.29, 1.82) is 0 Å². The maximum absolute atomic E-state index is 10.1. The van der Waals surface area contributed by atoms with E-state index in [0.29, 0.717) is 25.1 Å². The average molecular weight is 659 g/mol. The summed E-state index contributed by atoms with van der Waals surface area (Å²) < 4.78 is 4.38. The molecule has 0 saturated heterocycles. The summed E-state index contributed by atoms with van der Waals surface area (Å²) in [6.07, 6.45) is 7.18. The number of nitrogens with zero attached hydrogens (tertiary/aromatic N) is 4. The van der Waals surface area contributed by atoms with Gasteiger partial charge in [0.15, 0.2) is 0 Å². The Kier molecular flexibility index (Phi) is 23.9. The quantitative estimate of drug-likeness (QED) is 0.0342. The number of hydrogen-bond donors (Lipinski definition) is 5. The number of aromatic amines is 1. The van der Waals surface area contributed by atoms with E-state index in [1.165, 1.54) is 18.5 Å². The smallest absolute Gasteiger partial charge is 0.481 e. The molecular weight excluding hydrogens is 624 g/mol. The van der Waals surface area contributed by atoms with Crippen molar-refractivity contribution in [1.82, 2.24) is 20.8 Å². The molecule has 1 amide bonds. The van der Waals surface area contributed by atoms with E-state index in [-0.39, 0.29) is 41.4 Å². The largest absolute Gasteiger partial charge is 1.00 e. The van der Waals surface area contributed by atoms with Crippen molar-refractivity contribution in [2.24, 2.45) is 21.7 Å². The third kappa shape index (κ3) is 22.6. The Labute approximate surface area is 204 Å². The van der Waals surface area contributed by atoms with Crippen LogP contribution in [0.2, 0.25) is 0 Å². The second-order valence-electron chi connectivity index (χ2n) is 6.40. The second-order valence-corrected chi connectivity index (χ2v) is 11.5. The zero-order valence-electron chi connectivity index (χ0n) is 18.9. The maximum Gasteiger partial charge on any atom is 1.00 e. The van der Waals surface area contributed by atoms with E-state index < -0.39 is 19.3 Å². The number of guanidine groups is 1. The number of carboxylic acids is 1. The van der Waals surface area contributed by atoms with E-state index in [1.807, 2.05) is 5.43 Å². The van der Waals surface area contributed by atoms with Gasteiger partial charge in [0.2, 0.25) is 5.96 Å². The van der Waals surface area contributed by atoms with Gasteiger partial charge in [-0.25, -0.2) is 10.2 Å². The fraction of sp³-hybridized carbons (Fsp3) is 0.706. The summed E-state index contributed by atoms with van der Waals surface area (Å²) >= 11 is 0. The van der Waals surface area contributed by atoms with Crippen LogP contribution in [0.5, 0.6) is 0 Å². The number of carbonyl (C=O) groups is 2. The summed E-state index contributed by atoms with van der Waals surface area (Å²) in [4.78, 5) is 33.4. The molecule has 1 aromatic rings. The van der Waals surface area contributed by atoms with Crippen LogP contribution in [0.25, 0.3) is 0 Å². The number of amides is 1. The molecule has 188 valence electrons. The Hall–Kier alpha value is -2.08. The fourth-order valence-electron chi connectivity index (χ4n) is 1.74. The molecule has 0 fully saturated rings. The summed E-state index contributed by atoms with van der Waals surface area (Å²) in [6.45, 7) is 9.85. The van der Waals surface area contributed by atoms with E-state index in [9.17, 15) is 14.5 Å². The minimum atomic E-state index is -0.831. The minimum Gasteiger partial charge on any atom is -0.481 e. The van der Waals surface area contributed by atoms with Crippen LogP contribution in [0.1, 0.15) is 45.7 Å². The van der Waals surface area contributed by atoms with Gasteiger partial charge in [0.25, 0.3) is 0 Å². The number of nitrogens with one attached hydrogen (secondary N) is 2. The molecule has 13 nitrogen and oxygen atoms in total. The number of ether oxygens (including phenoxy) is 1. The first-order chi connectivity index (χ1) is 14.6. The first kappa shape index (κ1) is 34.5.